The van der Waals surface area contributed by atoms with Gasteiger partial charge in [0.15, 0.2) is 10.7 Å². The molecule has 2 heterocycles. The third-order valence-electron chi connectivity index (χ3n) is 4.54. The highest BCUT2D eigenvalue weighted by atomic mass is 32.2. The number of benzene rings is 1. The van der Waals surface area contributed by atoms with Crippen molar-refractivity contribution < 1.29 is 23.2 Å². The van der Waals surface area contributed by atoms with Gasteiger partial charge in [-0.3, -0.25) is 9.29 Å². The number of nitrogens with zero attached hydrogens (tertiary/aromatic N) is 3. The lowest BCUT2D eigenvalue weighted by atomic mass is 10.3. The Hall–Kier alpha value is -3.21. The molecule has 0 saturated heterocycles. The van der Waals surface area contributed by atoms with Crippen molar-refractivity contribution in [2.45, 2.75) is 37.6 Å². The van der Waals surface area contributed by atoms with Gasteiger partial charge in [-0.15, -0.1) is 0 Å². The molecule has 0 atom stereocenters. The SMILES string of the molecule is Cc1noc(C)c1S(=O)(=O)Nc1cccc(-n2c(O)c(O)n(C3CC3)c2=O)c1. The molecule has 1 saturated carbocycles. The van der Waals surface area contributed by atoms with Gasteiger partial charge >= 0.3 is 5.69 Å². The van der Waals surface area contributed by atoms with E-state index >= 15 is 0 Å². The summed E-state index contributed by atoms with van der Waals surface area (Å²) in [5.41, 5.74) is 0.00306. The van der Waals surface area contributed by atoms with Gasteiger partial charge in [-0.2, -0.15) is 0 Å². The Kier molecular flexibility index (Phi) is 4.00. The molecular weight excluding hydrogens is 388 g/mol. The Morgan fingerprint density at radius 3 is 2.54 bits per heavy atom. The molecule has 0 amide bonds. The summed E-state index contributed by atoms with van der Waals surface area (Å²) in [6.45, 7) is 3.01. The predicted molar refractivity (Wildman–Crippen MR) is 98.4 cm³/mol. The summed E-state index contributed by atoms with van der Waals surface area (Å²) in [5, 5.41) is 23.9. The van der Waals surface area contributed by atoms with Gasteiger partial charge < -0.3 is 14.7 Å². The summed E-state index contributed by atoms with van der Waals surface area (Å²) in [7, 11) is -3.97. The zero-order valence-electron chi connectivity index (χ0n) is 15.1. The molecule has 10 nitrogen and oxygen atoms in total. The second-order valence-electron chi connectivity index (χ2n) is 6.68. The molecule has 2 aromatic heterocycles. The molecule has 1 fully saturated rings. The van der Waals surface area contributed by atoms with Gasteiger partial charge in [-0.1, -0.05) is 11.2 Å². The van der Waals surface area contributed by atoms with Gasteiger partial charge in [0.1, 0.15) is 5.69 Å². The summed E-state index contributed by atoms with van der Waals surface area (Å²) in [6, 6.07) is 5.79. The van der Waals surface area contributed by atoms with E-state index in [-0.39, 0.29) is 33.8 Å². The van der Waals surface area contributed by atoms with E-state index in [1.807, 2.05) is 0 Å². The number of aryl methyl sites for hydroxylation is 2. The number of nitrogens with one attached hydrogen (secondary N) is 1. The van der Waals surface area contributed by atoms with Crippen LogP contribution in [0, 0.1) is 13.8 Å². The standard InChI is InChI=1S/C17H18N4O6S/c1-9-14(10(2)27-18-9)28(25,26)19-11-4-3-5-13(8-11)21-16(23)15(22)20(17(21)24)12-6-7-12/h3-5,8,12,19,22-23H,6-7H2,1-2H3. The van der Waals surface area contributed by atoms with Crippen LogP contribution in [-0.4, -0.2) is 32.9 Å². The van der Waals surface area contributed by atoms with Crippen LogP contribution in [0.15, 0.2) is 38.5 Å². The largest absolute Gasteiger partial charge is 0.491 e. The predicted octanol–water partition coefficient (Wildman–Crippen LogP) is 1.79. The van der Waals surface area contributed by atoms with Crippen LogP contribution < -0.4 is 10.4 Å². The lowest BCUT2D eigenvalue weighted by Gasteiger charge is -2.09. The van der Waals surface area contributed by atoms with Gasteiger partial charge in [0, 0.05) is 6.04 Å². The Balaban J connectivity index is 1.74. The molecule has 0 radical (unpaired) electrons. The lowest BCUT2D eigenvalue weighted by molar-refractivity contribution is 0.363. The van der Waals surface area contributed by atoms with E-state index in [0.29, 0.717) is 0 Å². The number of hydrogen-bond acceptors (Lipinski definition) is 7. The Morgan fingerprint density at radius 1 is 1.21 bits per heavy atom. The van der Waals surface area contributed by atoms with Crippen molar-refractivity contribution in [2.24, 2.45) is 0 Å². The van der Waals surface area contributed by atoms with E-state index in [1.54, 1.807) is 0 Å². The van der Waals surface area contributed by atoms with Crippen LogP contribution >= 0.6 is 0 Å². The molecule has 28 heavy (non-hydrogen) atoms. The van der Waals surface area contributed by atoms with E-state index in [1.165, 1.54) is 38.1 Å². The number of anilines is 1. The van der Waals surface area contributed by atoms with Crippen molar-refractivity contribution in [1.29, 1.82) is 0 Å². The van der Waals surface area contributed by atoms with Crippen molar-refractivity contribution in [3.63, 3.8) is 0 Å². The smallest absolute Gasteiger partial charge is 0.338 e. The molecule has 148 valence electrons. The van der Waals surface area contributed by atoms with Gasteiger partial charge in [-0.05, 0) is 44.9 Å². The number of imidazole rings is 1. The van der Waals surface area contributed by atoms with E-state index in [2.05, 4.69) is 9.88 Å². The monoisotopic (exact) mass is 406 g/mol. The Morgan fingerprint density at radius 2 is 1.93 bits per heavy atom. The van der Waals surface area contributed by atoms with Crippen molar-refractivity contribution in [3.8, 4) is 17.4 Å². The maximum absolute atomic E-state index is 12.7. The first kappa shape index (κ1) is 18.2. The molecule has 1 aliphatic carbocycles. The van der Waals surface area contributed by atoms with Gasteiger partial charge in [0.2, 0.25) is 0 Å². The van der Waals surface area contributed by atoms with Crippen LogP contribution in [0.4, 0.5) is 5.69 Å². The van der Waals surface area contributed by atoms with Crippen LogP contribution in [0.1, 0.15) is 30.3 Å². The summed E-state index contributed by atoms with van der Waals surface area (Å²) in [6.07, 6.45) is 1.49. The number of sulfonamides is 1. The fourth-order valence-corrected chi connectivity index (χ4v) is 4.55. The highest BCUT2D eigenvalue weighted by Gasteiger charge is 2.32. The molecule has 11 heteroatoms. The van der Waals surface area contributed by atoms with Gasteiger partial charge in [-0.25, -0.2) is 17.8 Å². The molecule has 0 aliphatic heterocycles. The van der Waals surface area contributed by atoms with Crippen LogP contribution in [0.2, 0.25) is 0 Å². The third kappa shape index (κ3) is 2.83. The quantitative estimate of drug-likeness (QED) is 0.587. The minimum absolute atomic E-state index is 0.0598. The zero-order valence-corrected chi connectivity index (χ0v) is 15.9. The number of aromatic nitrogens is 3. The van der Waals surface area contributed by atoms with Crippen LogP contribution in [-0.2, 0) is 10.0 Å². The summed E-state index contributed by atoms with van der Waals surface area (Å²) in [4.78, 5) is 12.6. The molecule has 4 rings (SSSR count). The number of aromatic hydroxyl groups is 2. The van der Waals surface area contributed by atoms with Crippen LogP contribution in [0.25, 0.3) is 5.69 Å². The second-order valence-corrected chi connectivity index (χ2v) is 8.29. The maximum atomic E-state index is 12.7. The lowest BCUT2D eigenvalue weighted by Crippen LogP contribution is -2.22. The van der Waals surface area contributed by atoms with E-state index in [0.717, 1.165) is 22.0 Å². The normalized spacial score (nSPS) is 14.4. The molecule has 0 bridgehead atoms. The zero-order chi connectivity index (χ0) is 20.2. The third-order valence-corrected chi connectivity index (χ3v) is 6.17. The van der Waals surface area contributed by atoms with E-state index < -0.39 is 27.5 Å². The average Bonchev–Trinajstić information content (AvgIpc) is 3.34. The van der Waals surface area contributed by atoms with Crippen LogP contribution in [0.5, 0.6) is 11.8 Å². The summed E-state index contributed by atoms with van der Waals surface area (Å²) >= 11 is 0. The van der Waals surface area contributed by atoms with Crippen molar-refractivity contribution in [2.75, 3.05) is 4.72 Å². The van der Waals surface area contributed by atoms with E-state index in [4.69, 9.17) is 4.52 Å². The summed E-state index contributed by atoms with van der Waals surface area (Å²) in [5.74, 6) is -0.946. The Bertz CT molecular complexity index is 1210. The molecule has 0 unspecified atom stereocenters. The molecule has 3 aromatic rings. The molecule has 3 N–H and O–H groups in total. The molecule has 1 aliphatic rings. The number of rotatable bonds is 5. The first-order valence-electron chi connectivity index (χ1n) is 8.52. The molecular formula is C17H18N4O6S. The highest BCUT2D eigenvalue weighted by Crippen LogP contribution is 2.40. The van der Waals surface area contributed by atoms with Crippen molar-refractivity contribution >= 4 is 15.7 Å². The number of hydrogen-bond donors (Lipinski definition) is 3. The maximum Gasteiger partial charge on any atom is 0.338 e. The fraction of sp³-hybridized carbons (Fsp3) is 0.294. The van der Waals surface area contributed by atoms with E-state index in [9.17, 15) is 23.4 Å². The topological polar surface area (TPSA) is 140 Å². The van der Waals surface area contributed by atoms with Crippen molar-refractivity contribution in [3.05, 3.63) is 46.2 Å². The fourth-order valence-electron chi connectivity index (χ4n) is 3.16. The first-order chi connectivity index (χ1) is 13.2. The summed E-state index contributed by atoms with van der Waals surface area (Å²) < 4.78 is 34.7. The Labute approximate surface area is 159 Å². The van der Waals surface area contributed by atoms with Crippen molar-refractivity contribution in [1.82, 2.24) is 14.3 Å². The van der Waals surface area contributed by atoms with Crippen LogP contribution in [0.3, 0.4) is 0 Å². The van der Waals surface area contributed by atoms with Gasteiger partial charge in [0.05, 0.1) is 11.4 Å². The molecule has 0 spiro atoms. The highest BCUT2D eigenvalue weighted by molar-refractivity contribution is 7.92. The minimum Gasteiger partial charge on any atom is -0.491 e. The average molecular weight is 406 g/mol. The van der Waals surface area contributed by atoms with Gasteiger partial charge in [0.25, 0.3) is 21.8 Å². The first-order valence-corrected chi connectivity index (χ1v) is 10.0. The minimum atomic E-state index is -3.97. The molecule has 1 aromatic carbocycles. The second kappa shape index (κ2) is 6.16.